The van der Waals surface area contributed by atoms with Crippen molar-refractivity contribution in [3.8, 4) is 5.75 Å². The minimum Gasteiger partial charge on any atom is -0.435 e. The lowest BCUT2D eigenvalue weighted by molar-refractivity contribution is -0.0498. The monoisotopic (exact) mass is 443 g/mol. The lowest BCUT2D eigenvalue weighted by atomic mass is 10.2. The molecule has 8 heteroatoms. The van der Waals surface area contributed by atoms with Crippen LogP contribution in [0.5, 0.6) is 5.75 Å². The highest BCUT2D eigenvalue weighted by Crippen LogP contribution is 2.15. The van der Waals surface area contributed by atoms with Crippen LogP contribution in [0.2, 0.25) is 0 Å². The van der Waals surface area contributed by atoms with Gasteiger partial charge in [0.25, 0.3) is 0 Å². The van der Waals surface area contributed by atoms with Gasteiger partial charge >= 0.3 is 6.61 Å². The third-order valence-corrected chi connectivity index (χ3v) is 2.77. The van der Waals surface area contributed by atoms with Gasteiger partial charge in [0.15, 0.2) is 5.96 Å². The summed E-state index contributed by atoms with van der Waals surface area (Å²) >= 11 is 0. The summed E-state index contributed by atoms with van der Waals surface area (Å²) in [5.74, 6) is 0.797. The lowest BCUT2D eigenvalue weighted by Gasteiger charge is -2.12. The second kappa shape index (κ2) is 13.3. The van der Waals surface area contributed by atoms with Crippen molar-refractivity contribution >= 4 is 29.9 Å². The Kier molecular flexibility index (Phi) is 12.6. The van der Waals surface area contributed by atoms with Crippen LogP contribution in [-0.4, -0.2) is 39.4 Å². The van der Waals surface area contributed by atoms with Gasteiger partial charge in [-0.2, -0.15) is 8.78 Å². The quantitative estimate of drug-likeness (QED) is 0.267. The average Bonchev–Trinajstić information content (AvgIpc) is 2.50. The van der Waals surface area contributed by atoms with Crippen molar-refractivity contribution < 1.29 is 18.3 Å². The van der Waals surface area contributed by atoms with Gasteiger partial charge in [0.2, 0.25) is 0 Å². The van der Waals surface area contributed by atoms with Gasteiger partial charge in [0, 0.05) is 33.4 Å². The molecule has 1 aromatic rings. The summed E-state index contributed by atoms with van der Waals surface area (Å²) in [6.07, 6.45) is 0.881. The second-order valence-electron chi connectivity index (χ2n) is 4.43. The molecule has 0 fully saturated rings. The molecule has 0 bridgehead atoms. The van der Waals surface area contributed by atoms with Crippen LogP contribution in [0.4, 0.5) is 8.78 Å². The first kappa shape index (κ1) is 21.8. The fraction of sp³-hybridized carbons (Fsp3) is 0.533. The Bertz CT molecular complexity index is 462. The maximum absolute atomic E-state index is 12.2. The Hall–Kier alpha value is -1.16. The number of benzene rings is 1. The number of ether oxygens (including phenoxy) is 2. The zero-order valence-corrected chi connectivity index (χ0v) is 15.7. The number of rotatable bonds is 9. The summed E-state index contributed by atoms with van der Waals surface area (Å²) < 4.78 is 34.0. The maximum Gasteiger partial charge on any atom is 0.387 e. The number of hydrogen-bond donors (Lipinski definition) is 2. The minimum absolute atomic E-state index is 0. The fourth-order valence-corrected chi connectivity index (χ4v) is 1.76. The Morgan fingerprint density at radius 3 is 2.74 bits per heavy atom. The molecular weight excluding hydrogens is 419 g/mol. The number of alkyl halides is 2. The van der Waals surface area contributed by atoms with Crippen molar-refractivity contribution in [2.45, 2.75) is 26.5 Å². The van der Waals surface area contributed by atoms with Crippen LogP contribution in [0.1, 0.15) is 18.9 Å². The normalized spacial score (nSPS) is 11.1. The lowest BCUT2D eigenvalue weighted by Crippen LogP contribution is -2.37. The molecule has 0 aliphatic rings. The molecule has 0 saturated heterocycles. The minimum atomic E-state index is -2.82. The van der Waals surface area contributed by atoms with E-state index >= 15 is 0 Å². The fourth-order valence-electron chi connectivity index (χ4n) is 1.76. The third kappa shape index (κ3) is 10.3. The Labute approximate surface area is 152 Å². The van der Waals surface area contributed by atoms with Crippen LogP contribution in [0.25, 0.3) is 0 Å². The number of halogens is 3. The van der Waals surface area contributed by atoms with E-state index in [0.29, 0.717) is 25.7 Å². The van der Waals surface area contributed by atoms with Crippen molar-refractivity contribution in [1.29, 1.82) is 0 Å². The number of nitrogens with zero attached hydrogens (tertiary/aromatic N) is 1. The highest BCUT2D eigenvalue weighted by Gasteiger charge is 2.05. The molecule has 0 aromatic heterocycles. The zero-order valence-electron chi connectivity index (χ0n) is 13.4. The Morgan fingerprint density at radius 1 is 1.30 bits per heavy atom. The number of hydrogen-bond acceptors (Lipinski definition) is 3. The van der Waals surface area contributed by atoms with Gasteiger partial charge in [-0.15, -0.1) is 24.0 Å². The molecule has 0 atom stereocenters. The molecule has 0 aliphatic carbocycles. The summed E-state index contributed by atoms with van der Waals surface area (Å²) in [6, 6.07) is 6.57. The van der Waals surface area contributed by atoms with E-state index in [9.17, 15) is 8.78 Å². The predicted molar refractivity (Wildman–Crippen MR) is 97.8 cm³/mol. The highest BCUT2D eigenvalue weighted by atomic mass is 127. The summed E-state index contributed by atoms with van der Waals surface area (Å²) in [7, 11) is 1.67. The summed E-state index contributed by atoms with van der Waals surface area (Å²) in [4.78, 5) is 4.09. The van der Waals surface area contributed by atoms with Crippen LogP contribution in [-0.2, 0) is 11.3 Å². The van der Waals surface area contributed by atoms with Gasteiger partial charge in [-0.05, 0) is 31.0 Å². The number of nitrogens with one attached hydrogen (secondary N) is 2. The standard InChI is InChI=1S/C15H23F2N3O2.HI/c1-3-21-9-5-8-19-15(18-2)20-11-12-6-4-7-13(10-12)22-14(16)17;/h4,6-7,10,14H,3,5,8-9,11H2,1-2H3,(H2,18,19,20);1H. The maximum atomic E-state index is 12.2. The van der Waals surface area contributed by atoms with E-state index in [-0.39, 0.29) is 29.7 Å². The predicted octanol–water partition coefficient (Wildman–Crippen LogP) is 3.00. The number of guanidine groups is 1. The molecule has 132 valence electrons. The van der Waals surface area contributed by atoms with E-state index in [4.69, 9.17) is 4.74 Å². The molecule has 0 aliphatic heterocycles. The van der Waals surface area contributed by atoms with Crippen molar-refractivity contribution in [3.05, 3.63) is 29.8 Å². The smallest absolute Gasteiger partial charge is 0.387 e. The van der Waals surface area contributed by atoms with Gasteiger partial charge in [-0.25, -0.2) is 0 Å². The second-order valence-corrected chi connectivity index (χ2v) is 4.43. The molecule has 0 saturated carbocycles. The molecule has 0 radical (unpaired) electrons. The Morgan fingerprint density at radius 2 is 2.09 bits per heavy atom. The van der Waals surface area contributed by atoms with Crippen LogP contribution in [0.15, 0.2) is 29.3 Å². The number of aliphatic imine (C=N–C) groups is 1. The van der Waals surface area contributed by atoms with Gasteiger partial charge in [-0.1, -0.05) is 12.1 Å². The van der Waals surface area contributed by atoms with Crippen molar-refractivity contribution in [1.82, 2.24) is 10.6 Å². The summed E-state index contributed by atoms with van der Waals surface area (Å²) in [5.41, 5.74) is 0.829. The molecule has 23 heavy (non-hydrogen) atoms. The van der Waals surface area contributed by atoms with Gasteiger partial charge in [0.1, 0.15) is 5.75 Å². The molecule has 0 amide bonds. The molecule has 1 aromatic carbocycles. The Balaban J connectivity index is 0.00000484. The first-order valence-electron chi connectivity index (χ1n) is 7.21. The highest BCUT2D eigenvalue weighted by molar-refractivity contribution is 14.0. The van der Waals surface area contributed by atoms with Gasteiger partial charge < -0.3 is 20.1 Å². The van der Waals surface area contributed by atoms with E-state index in [2.05, 4.69) is 20.4 Å². The van der Waals surface area contributed by atoms with Crippen LogP contribution < -0.4 is 15.4 Å². The van der Waals surface area contributed by atoms with E-state index in [0.717, 1.165) is 18.5 Å². The summed E-state index contributed by atoms with van der Waals surface area (Å²) in [6.45, 7) is 1.76. The van der Waals surface area contributed by atoms with Crippen LogP contribution in [0, 0.1) is 0 Å². The molecule has 1 rings (SSSR count). The molecule has 5 nitrogen and oxygen atoms in total. The van der Waals surface area contributed by atoms with E-state index < -0.39 is 6.61 Å². The van der Waals surface area contributed by atoms with Crippen LogP contribution >= 0.6 is 24.0 Å². The first-order chi connectivity index (χ1) is 10.7. The zero-order chi connectivity index (χ0) is 16.2. The van der Waals surface area contributed by atoms with E-state index in [1.165, 1.54) is 6.07 Å². The largest absolute Gasteiger partial charge is 0.435 e. The van der Waals surface area contributed by atoms with Gasteiger partial charge in [-0.3, -0.25) is 4.99 Å². The topological polar surface area (TPSA) is 54.9 Å². The molecular formula is C15H24F2IN3O2. The van der Waals surface area contributed by atoms with Gasteiger partial charge in [0.05, 0.1) is 0 Å². The SMILES string of the molecule is CCOCCCNC(=NC)NCc1cccc(OC(F)F)c1.I. The van der Waals surface area contributed by atoms with Crippen molar-refractivity contribution in [3.63, 3.8) is 0 Å². The third-order valence-electron chi connectivity index (χ3n) is 2.77. The van der Waals surface area contributed by atoms with Crippen LogP contribution in [0.3, 0.4) is 0 Å². The molecule has 0 heterocycles. The molecule has 0 spiro atoms. The average molecular weight is 443 g/mol. The first-order valence-corrected chi connectivity index (χ1v) is 7.21. The summed E-state index contributed by atoms with van der Waals surface area (Å²) in [5, 5.41) is 6.27. The van der Waals surface area contributed by atoms with Crippen molar-refractivity contribution in [2.24, 2.45) is 4.99 Å². The molecule has 2 N–H and O–H groups in total. The van der Waals surface area contributed by atoms with E-state index in [1.807, 2.05) is 13.0 Å². The van der Waals surface area contributed by atoms with E-state index in [1.54, 1.807) is 19.2 Å². The van der Waals surface area contributed by atoms with Crippen molar-refractivity contribution in [2.75, 3.05) is 26.8 Å². The molecule has 0 unspecified atom stereocenters.